The quantitative estimate of drug-likeness (QED) is 0.788. The molecule has 2 rings (SSSR count). The van der Waals surface area contributed by atoms with Crippen LogP contribution in [0.15, 0.2) is 35.9 Å². The number of aryl methyl sites for hydroxylation is 2. The summed E-state index contributed by atoms with van der Waals surface area (Å²) in [5.41, 5.74) is 10.7. The van der Waals surface area contributed by atoms with Gasteiger partial charge in [0.15, 0.2) is 0 Å². The first kappa shape index (κ1) is 14.3. The molecule has 1 aromatic carbocycles. The lowest BCUT2D eigenvalue weighted by atomic mass is 9.91. The standard InChI is InChI=1S/C18H27N/c1-15-9-7-8-10-16(15)13-14-18(19)17-11-5-3-2-4-6-12-17/h7-11,18H,2-6,12-14,19H2,1H3/b17-11+. The van der Waals surface area contributed by atoms with Gasteiger partial charge in [0.2, 0.25) is 0 Å². The van der Waals surface area contributed by atoms with Crippen LogP contribution in [0.1, 0.15) is 56.1 Å². The molecule has 1 unspecified atom stereocenters. The lowest BCUT2D eigenvalue weighted by molar-refractivity contribution is 0.581. The second-order valence-corrected chi connectivity index (χ2v) is 5.80. The first-order valence-corrected chi connectivity index (χ1v) is 7.76. The third-order valence-corrected chi connectivity index (χ3v) is 4.29. The fourth-order valence-electron chi connectivity index (χ4n) is 2.94. The highest BCUT2D eigenvalue weighted by molar-refractivity contribution is 5.26. The number of hydrogen-bond acceptors (Lipinski definition) is 1. The van der Waals surface area contributed by atoms with Crippen molar-refractivity contribution in [2.45, 2.75) is 64.3 Å². The van der Waals surface area contributed by atoms with E-state index in [1.807, 2.05) is 0 Å². The Labute approximate surface area is 117 Å². The van der Waals surface area contributed by atoms with Gasteiger partial charge in [0.25, 0.3) is 0 Å². The molecule has 1 aliphatic rings. The summed E-state index contributed by atoms with van der Waals surface area (Å²) < 4.78 is 0. The van der Waals surface area contributed by atoms with E-state index in [0.29, 0.717) is 0 Å². The molecule has 1 aromatic rings. The summed E-state index contributed by atoms with van der Waals surface area (Å²) in [5, 5.41) is 0. The van der Waals surface area contributed by atoms with E-state index in [4.69, 9.17) is 5.73 Å². The van der Waals surface area contributed by atoms with Gasteiger partial charge in [-0.05, 0) is 56.6 Å². The van der Waals surface area contributed by atoms with Crippen molar-refractivity contribution in [3.05, 3.63) is 47.0 Å². The summed E-state index contributed by atoms with van der Waals surface area (Å²) >= 11 is 0. The van der Waals surface area contributed by atoms with Crippen LogP contribution in [0.2, 0.25) is 0 Å². The van der Waals surface area contributed by atoms with Crippen molar-refractivity contribution in [3.8, 4) is 0 Å². The molecular formula is C18H27N. The molecule has 1 aliphatic carbocycles. The largest absolute Gasteiger partial charge is 0.324 e. The Morgan fingerprint density at radius 3 is 2.74 bits per heavy atom. The number of rotatable bonds is 4. The third-order valence-electron chi connectivity index (χ3n) is 4.29. The Morgan fingerprint density at radius 2 is 1.89 bits per heavy atom. The molecule has 0 aromatic heterocycles. The molecule has 0 radical (unpaired) electrons. The maximum atomic E-state index is 6.40. The zero-order chi connectivity index (χ0) is 13.5. The van der Waals surface area contributed by atoms with Crippen LogP contribution in [-0.2, 0) is 6.42 Å². The van der Waals surface area contributed by atoms with E-state index in [9.17, 15) is 0 Å². The van der Waals surface area contributed by atoms with Crippen molar-refractivity contribution >= 4 is 0 Å². The zero-order valence-electron chi connectivity index (χ0n) is 12.2. The van der Waals surface area contributed by atoms with Gasteiger partial charge in [-0.15, -0.1) is 0 Å². The molecule has 104 valence electrons. The fourth-order valence-corrected chi connectivity index (χ4v) is 2.94. The average Bonchev–Trinajstić information content (AvgIpc) is 2.37. The number of hydrogen-bond donors (Lipinski definition) is 1. The van der Waals surface area contributed by atoms with Crippen molar-refractivity contribution in [2.24, 2.45) is 5.73 Å². The molecule has 0 saturated heterocycles. The van der Waals surface area contributed by atoms with Gasteiger partial charge >= 0.3 is 0 Å². The minimum Gasteiger partial charge on any atom is -0.324 e. The molecule has 0 amide bonds. The van der Waals surface area contributed by atoms with Gasteiger partial charge in [0.05, 0.1) is 0 Å². The van der Waals surface area contributed by atoms with Crippen molar-refractivity contribution in [1.29, 1.82) is 0 Å². The molecule has 0 bridgehead atoms. The minimum absolute atomic E-state index is 0.262. The van der Waals surface area contributed by atoms with Gasteiger partial charge in [-0.3, -0.25) is 0 Å². The van der Waals surface area contributed by atoms with E-state index in [1.165, 1.54) is 55.2 Å². The van der Waals surface area contributed by atoms with Crippen LogP contribution in [0, 0.1) is 6.92 Å². The molecular weight excluding hydrogens is 230 g/mol. The van der Waals surface area contributed by atoms with E-state index >= 15 is 0 Å². The lowest BCUT2D eigenvalue weighted by Crippen LogP contribution is -2.24. The fraction of sp³-hybridized carbons (Fsp3) is 0.556. The Hall–Kier alpha value is -1.08. The predicted molar refractivity (Wildman–Crippen MR) is 83.3 cm³/mol. The molecule has 1 nitrogen and oxygen atoms in total. The van der Waals surface area contributed by atoms with Crippen LogP contribution in [0.25, 0.3) is 0 Å². The summed E-state index contributed by atoms with van der Waals surface area (Å²) in [6.45, 7) is 2.19. The SMILES string of the molecule is Cc1ccccc1CCC(N)/C1=C/CCCCCC1. The van der Waals surface area contributed by atoms with Gasteiger partial charge in [-0.1, -0.05) is 48.8 Å². The van der Waals surface area contributed by atoms with E-state index < -0.39 is 0 Å². The molecule has 1 heteroatoms. The van der Waals surface area contributed by atoms with Crippen molar-refractivity contribution in [2.75, 3.05) is 0 Å². The summed E-state index contributed by atoms with van der Waals surface area (Å²) in [5.74, 6) is 0. The van der Waals surface area contributed by atoms with Gasteiger partial charge in [-0.25, -0.2) is 0 Å². The van der Waals surface area contributed by atoms with Crippen LogP contribution in [0.4, 0.5) is 0 Å². The molecule has 0 spiro atoms. The van der Waals surface area contributed by atoms with E-state index in [-0.39, 0.29) is 6.04 Å². The predicted octanol–water partition coefficient (Wildman–Crippen LogP) is 4.54. The third kappa shape index (κ3) is 4.50. The van der Waals surface area contributed by atoms with Crippen LogP contribution in [0.3, 0.4) is 0 Å². The van der Waals surface area contributed by atoms with E-state index in [1.54, 1.807) is 0 Å². The normalized spacial score (nSPS) is 21.1. The molecule has 0 saturated carbocycles. The molecule has 2 N–H and O–H groups in total. The summed E-state index contributed by atoms with van der Waals surface area (Å²) in [6, 6.07) is 8.92. The summed E-state index contributed by atoms with van der Waals surface area (Å²) in [4.78, 5) is 0. The van der Waals surface area contributed by atoms with Crippen molar-refractivity contribution < 1.29 is 0 Å². The highest BCUT2D eigenvalue weighted by atomic mass is 14.6. The molecule has 0 fully saturated rings. The highest BCUT2D eigenvalue weighted by Gasteiger charge is 2.11. The Bertz CT molecular complexity index is 419. The number of nitrogens with two attached hydrogens (primary N) is 1. The molecule has 1 atom stereocenters. The molecule has 0 aliphatic heterocycles. The van der Waals surface area contributed by atoms with E-state index in [2.05, 4.69) is 37.3 Å². The average molecular weight is 257 g/mol. The van der Waals surface area contributed by atoms with Gasteiger partial charge in [-0.2, -0.15) is 0 Å². The van der Waals surface area contributed by atoms with Crippen LogP contribution in [-0.4, -0.2) is 6.04 Å². The zero-order valence-corrected chi connectivity index (χ0v) is 12.2. The van der Waals surface area contributed by atoms with Crippen LogP contribution in [0.5, 0.6) is 0 Å². The maximum absolute atomic E-state index is 6.40. The van der Waals surface area contributed by atoms with E-state index in [0.717, 1.165) is 12.8 Å². The van der Waals surface area contributed by atoms with Crippen LogP contribution >= 0.6 is 0 Å². The second kappa shape index (κ2) is 7.49. The van der Waals surface area contributed by atoms with Crippen molar-refractivity contribution in [3.63, 3.8) is 0 Å². The summed E-state index contributed by atoms with van der Waals surface area (Å²) in [7, 11) is 0. The first-order chi connectivity index (χ1) is 9.27. The lowest BCUT2D eigenvalue weighted by Gasteiger charge is -2.19. The Balaban J connectivity index is 1.89. The molecule has 0 heterocycles. The topological polar surface area (TPSA) is 26.0 Å². The Morgan fingerprint density at radius 1 is 1.11 bits per heavy atom. The van der Waals surface area contributed by atoms with Gasteiger partial charge < -0.3 is 5.73 Å². The van der Waals surface area contributed by atoms with Crippen molar-refractivity contribution in [1.82, 2.24) is 0 Å². The number of benzene rings is 1. The maximum Gasteiger partial charge on any atom is 0.0256 e. The monoisotopic (exact) mass is 257 g/mol. The second-order valence-electron chi connectivity index (χ2n) is 5.80. The smallest absolute Gasteiger partial charge is 0.0256 e. The van der Waals surface area contributed by atoms with Crippen LogP contribution < -0.4 is 5.73 Å². The number of allylic oxidation sites excluding steroid dienone is 1. The molecule has 19 heavy (non-hydrogen) atoms. The van der Waals surface area contributed by atoms with Gasteiger partial charge in [0, 0.05) is 6.04 Å². The summed E-state index contributed by atoms with van der Waals surface area (Å²) in [6.07, 6.45) is 12.5. The Kier molecular flexibility index (Phi) is 5.65. The minimum atomic E-state index is 0.262. The highest BCUT2D eigenvalue weighted by Crippen LogP contribution is 2.21. The first-order valence-electron chi connectivity index (χ1n) is 7.76. The van der Waals surface area contributed by atoms with Gasteiger partial charge in [0.1, 0.15) is 0 Å².